The number of benzene rings is 6. The van der Waals surface area contributed by atoms with Crippen LogP contribution in [0.4, 0.5) is 0 Å². The van der Waals surface area contributed by atoms with Gasteiger partial charge < -0.3 is 4.79 Å². The first-order valence-corrected chi connectivity index (χ1v) is 41.8. The molecule has 0 aliphatic rings. The number of carbonyl (C=O) groups excluding carboxylic acids is 1. The Labute approximate surface area is 384 Å². The second kappa shape index (κ2) is 24.4. The molecule has 0 unspecified atom stereocenters. The fraction of sp³-hybridized carbons (Fsp3) is 0.288. The molecule has 0 aliphatic heterocycles. The zero-order valence-corrected chi connectivity index (χ0v) is 46.5. The summed E-state index contributed by atoms with van der Waals surface area (Å²) in [6.45, 7) is 27.3. The van der Waals surface area contributed by atoms with E-state index in [9.17, 15) is 0 Å². The molecule has 8 heteroatoms. The molecule has 0 atom stereocenters. The van der Waals surface area contributed by atoms with Crippen LogP contribution in [0.1, 0.15) is 20.8 Å². The van der Waals surface area contributed by atoms with Gasteiger partial charge in [-0.25, -0.2) is 0 Å². The molecule has 0 aromatic heterocycles. The molecule has 0 aliphatic carbocycles. The normalized spacial score (nSPS) is 12.7. The molecule has 6 aromatic rings. The number of hydrogen-bond donors (Lipinski definition) is 0. The zero-order chi connectivity index (χ0) is 43.8. The maximum Gasteiger partial charge on any atom is 0 e. The van der Waals surface area contributed by atoms with E-state index in [-0.39, 0.29) is 19.5 Å². The third kappa shape index (κ3) is 12.0. The third-order valence-corrected chi connectivity index (χ3v) is 63.2. The average molecular weight is 998 g/mol. The summed E-state index contributed by atoms with van der Waals surface area (Å²) in [6.07, 6.45) is 3.91. The Kier molecular flexibility index (Phi) is 21.8. The van der Waals surface area contributed by atoms with Gasteiger partial charge in [0.15, 0.2) is 0 Å². The van der Waals surface area contributed by atoms with Gasteiger partial charge in [0.2, 0.25) is 0 Å². The molecule has 0 bridgehead atoms. The Morgan fingerprint density at radius 2 is 0.417 bits per heavy atom. The first kappa shape index (κ1) is 53.7. The summed E-state index contributed by atoms with van der Waals surface area (Å²) in [5.74, 6) is 0. The molecular formula is C52H77OP3RhSi3. The summed E-state index contributed by atoms with van der Waals surface area (Å²) < 4.78 is 0. The van der Waals surface area contributed by atoms with Crippen molar-refractivity contribution in [3.05, 3.63) is 182 Å². The summed E-state index contributed by atoms with van der Waals surface area (Å²) in [6, 6.07) is 67.6. The van der Waals surface area contributed by atoms with Gasteiger partial charge in [0.25, 0.3) is 0 Å². The molecule has 60 heavy (non-hydrogen) atoms. The van der Waals surface area contributed by atoms with Gasteiger partial charge in [0.1, 0.15) is 6.79 Å². The van der Waals surface area contributed by atoms with E-state index in [0.29, 0.717) is 0 Å². The van der Waals surface area contributed by atoms with E-state index in [1.807, 2.05) is 6.79 Å². The van der Waals surface area contributed by atoms with Crippen molar-refractivity contribution in [3.63, 3.8) is 0 Å². The molecule has 6 aromatic carbocycles. The van der Waals surface area contributed by atoms with Crippen LogP contribution in [0.3, 0.4) is 0 Å². The van der Waals surface area contributed by atoms with Crippen molar-refractivity contribution >= 4 is 82.3 Å². The van der Waals surface area contributed by atoms with Crippen LogP contribution in [0.2, 0.25) is 58.9 Å². The van der Waals surface area contributed by atoms with Gasteiger partial charge in [-0.15, -0.1) is 0 Å². The van der Waals surface area contributed by atoms with E-state index >= 15 is 0 Å². The Morgan fingerprint density at radius 1 is 0.300 bits per heavy atom. The summed E-state index contributed by atoms with van der Waals surface area (Å²) in [5, 5.41) is 9.68. The SMILES string of the molecule is C=O.CC[PH](c1ccccc1)(c1ccccc1)[Si](C)(C)C.CC[PH](c1ccccc1)(c1ccccc1)[Si](C)(C)C.CC[PH](c1ccccc1)(c1ccccc1)[Si](C)(C)C.[Rh]. The molecular weight excluding hydrogens is 921 g/mol. The predicted molar refractivity (Wildman–Crippen MR) is 290 cm³/mol. The molecule has 0 saturated carbocycles. The Balaban J connectivity index is 0.000000301. The maximum atomic E-state index is 8.00. The van der Waals surface area contributed by atoms with Crippen LogP contribution in [-0.4, -0.2) is 48.5 Å². The largest absolute Gasteiger partial charge is 0 e. The number of hydrogen-bond acceptors (Lipinski definition) is 1. The van der Waals surface area contributed by atoms with Crippen molar-refractivity contribution in [2.24, 2.45) is 0 Å². The van der Waals surface area contributed by atoms with Crippen LogP contribution in [0.15, 0.2) is 182 Å². The fourth-order valence-corrected chi connectivity index (χ4v) is 54.8. The van der Waals surface area contributed by atoms with Crippen LogP contribution in [0.25, 0.3) is 0 Å². The Hall–Kier alpha value is -2.45. The van der Waals surface area contributed by atoms with E-state index in [4.69, 9.17) is 4.79 Å². The second-order valence-corrected chi connectivity index (χ2v) is 64.4. The van der Waals surface area contributed by atoms with Crippen molar-refractivity contribution < 1.29 is 24.3 Å². The van der Waals surface area contributed by atoms with Crippen molar-refractivity contribution in [1.82, 2.24) is 0 Å². The quantitative estimate of drug-likeness (QED) is 0.0882. The molecule has 0 spiro atoms. The monoisotopic (exact) mass is 997 g/mol. The van der Waals surface area contributed by atoms with Crippen LogP contribution in [0.5, 0.6) is 0 Å². The minimum atomic E-state index is -1.58. The Morgan fingerprint density at radius 3 is 0.500 bits per heavy atom. The molecule has 0 saturated heterocycles. The topological polar surface area (TPSA) is 17.1 Å². The summed E-state index contributed by atoms with van der Waals surface area (Å²) in [7, 11) is -3.84. The summed E-state index contributed by atoms with van der Waals surface area (Å²) in [4.78, 5) is 8.00. The standard InChI is InChI=1S/3C17H25PSi.CH2O.Rh/c3*1-5-18(19(2,3)4,16-12-8-6-9-13-16)17-14-10-7-11-15-17;1-2;/h3*6-15,18H,5H2,1-4H3;1H2;. The van der Waals surface area contributed by atoms with E-state index < -0.39 is 43.7 Å². The fourth-order valence-electron chi connectivity index (χ4n) is 10.2. The molecule has 6 rings (SSSR count). The van der Waals surface area contributed by atoms with E-state index in [1.165, 1.54) is 18.5 Å². The van der Waals surface area contributed by atoms with Crippen molar-refractivity contribution in [2.45, 2.75) is 79.7 Å². The molecule has 327 valence electrons. The maximum absolute atomic E-state index is 8.00. The van der Waals surface area contributed by atoms with Crippen molar-refractivity contribution in [3.8, 4) is 0 Å². The van der Waals surface area contributed by atoms with E-state index in [2.05, 4.69) is 262 Å². The van der Waals surface area contributed by atoms with Gasteiger partial charge in [0.05, 0.1) is 0 Å². The molecule has 0 heterocycles. The van der Waals surface area contributed by atoms with E-state index in [0.717, 1.165) is 0 Å². The molecule has 0 fully saturated rings. The Bertz CT molecular complexity index is 1700. The third-order valence-electron chi connectivity index (χ3n) is 13.0. The first-order chi connectivity index (χ1) is 28.1. The van der Waals surface area contributed by atoms with Crippen molar-refractivity contribution in [2.75, 3.05) is 18.5 Å². The van der Waals surface area contributed by atoms with Crippen molar-refractivity contribution in [1.29, 1.82) is 0 Å². The van der Waals surface area contributed by atoms with Gasteiger partial charge >= 0.3 is 356 Å². The van der Waals surface area contributed by atoms with Gasteiger partial charge in [-0.05, 0) is 0 Å². The van der Waals surface area contributed by atoms with Crippen LogP contribution >= 0.6 is 20.4 Å². The zero-order valence-electron chi connectivity index (χ0n) is 38.9. The van der Waals surface area contributed by atoms with Gasteiger partial charge in [-0.1, -0.05) is 0 Å². The minimum Gasteiger partial charge on any atom is 0 e. The summed E-state index contributed by atoms with van der Waals surface area (Å²) in [5.41, 5.74) is 0. The van der Waals surface area contributed by atoms with E-state index in [1.54, 1.807) is 31.8 Å². The van der Waals surface area contributed by atoms with Gasteiger partial charge in [-0.3, -0.25) is 0 Å². The second-order valence-electron chi connectivity index (χ2n) is 18.7. The van der Waals surface area contributed by atoms with Gasteiger partial charge in [0, 0.05) is 19.5 Å². The molecule has 0 N–H and O–H groups in total. The number of carbonyl (C=O) groups is 1. The first-order valence-electron chi connectivity index (χ1n) is 21.7. The molecule has 0 amide bonds. The smallest absolute Gasteiger partial charge is 0 e. The van der Waals surface area contributed by atoms with Crippen LogP contribution in [-0.2, 0) is 24.3 Å². The average Bonchev–Trinajstić information content (AvgIpc) is 3.24. The molecule has 1 radical (unpaired) electrons. The predicted octanol–water partition coefficient (Wildman–Crippen LogP) is 12.5. The minimum absolute atomic E-state index is 0. The van der Waals surface area contributed by atoms with Crippen LogP contribution < -0.4 is 31.8 Å². The number of rotatable bonds is 12. The molecule has 1 nitrogen and oxygen atoms in total. The van der Waals surface area contributed by atoms with Gasteiger partial charge in [-0.2, -0.15) is 0 Å². The summed E-state index contributed by atoms with van der Waals surface area (Å²) >= 11 is 0. The van der Waals surface area contributed by atoms with Crippen LogP contribution in [0, 0.1) is 0 Å².